The summed E-state index contributed by atoms with van der Waals surface area (Å²) in [5.74, 6) is -0.559. The fraction of sp³-hybridized carbons (Fsp3) is 0.300. The SMILES string of the molecule is CCC[C@@H](C)NC(=O)/C(=C/c1cccs1)NC(=O)c1ccc(C)cc1. The molecule has 0 fully saturated rings. The third-order valence-corrected chi connectivity index (χ3v) is 4.55. The second-order valence-corrected chi connectivity index (χ2v) is 7.04. The van der Waals surface area contributed by atoms with Gasteiger partial charge in [-0.15, -0.1) is 11.3 Å². The van der Waals surface area contributed by atoms with E-state index >= 15 is 0 Å². The normalized spacial score (nSPS) is 12.5. The topological polar surface area (TPSA) is 58.2 Å². The van der Waals surface area contributed by atoms with Crippen LogP contribution in [0.15, 0.2) is 47.5 Å². The molecule has 0 radical (unpaired) electrons. The van der Waals surface area contributed by atoms with Gasteiger partial charge in [-0.05, 0) is 49.9 Å². The number of carbonyl (C=O) groups excluding carboxylic acids is 2. The number of aryl methyl sites for hydroxylation is 1. The average molecular weight is 356 g/mol. The van der Waals surface area contributed by atoms with E-state index in [2.05, 4.69) is 17.6 Å². The lowest BCUT2D eigenvalue weighted by Gasteiger charge is -2.15. The highest BCUT2D eigenvalue weighted by Gasteiger charge is 2.16. The van der Waals surface area contributed by atoms with Gasteiger partial charge < -0.3 is 10.6 Å². The molecule has 2 N–H and O–H groups in total. The molecule has 2 rings (SSSR count). The van der Waals surface area contributed by atoms with Crippen molar-refractivity contribution in [2.75, 3.05) is 0 Å². The minimum Gasteiger partial charge on any atom is -0.348 e. The van der Waals surface area contributed by atoms with Crippen LogP contribution < -0.4 is 10.6 Å². The Morgan fingerprint density at radius 1 is 1.20 bits per heavy atom. The molecule has 5 heteroatoms. The molecule has 1 heterocycles. The van der Waals surface area contributed by atoms with Crippen LogP contribution in [0.25, 0.3) is 6.08 Å². The fourth-order valence-electron chi connectivity index (χ4n) is 2.38. The van der Waals surface area contributed by atoms with Crippen molar-refractivity contribution < 1.29 is 9.59 Å². The van der Waals surface area contributed by atoms with E-state index in [1.807, 2.05) is 43.5 Å². The molecule has 25 heavy (non-hydrogen) atoms. The van der Waals surface area contributed by atoms with Crippen LogP contribution in [0.1, 0.15) is 47.5 Å². The van der Waals surface area contributed by atoms with Gasteiger partial charge in [-0.3, -0.25) is 9.59 Å². The van der Waals surface area contributed by atoms with Crippen LogP contribution in [0.4, 0.5) is 0 Å². The molecule has 2 aromatic rings. The lowest BCUT2D eigenvalue weighted by Crippen LogP contribution is -2.39. The van der Waals surface area contributed by atoms with Crippen molar-refractivity contribution in [3.63, 3.8) is 0 Å². The van der Waals surface area contributed by atoms with Gasteiger partial charge in [-0.25, -0.2) is 0 Å². The van der Waals surface area contributed by atoms with Crippen LogP contribution >= 0.6 is 11.3 Å². The molecule has 0 saturated heterocycles. The van der Waals surface area contributed by atoms with Crippen LogP contribution in [-0.4, -0.2) is 17.9 Å². The standard InChI is InChI=1S/C20H24N2O2S/c1-4-6-15(3)21-20(24)18(13-17-7-5-12-25-17)22-19(23)16-10-8-14(2)9-11-16/h5,7-13,15H,4,6H2,1-3H3,(H,21,24)(H,22,23)/b18-13-/t15-/m1/s1. The van der Waals surface area contributed by atoms with E-state index in [9.17, 15) is 9.59 Å². The van der Waals surface area contributed by atoms with Gasteiger partial charge in [0.15, 0.2) is 0 Å². The molecule has 0 aliphatic heterocycles. The second-order valence-electron chi connectivity index (χ2n) is 6.06. The van der Waals surface area contributed by atoms with Gasteiger partial charge in [-0.2, -0.15) is 0 Å². The lowest BCUT2D eigenvalue weighted by molar-refractivity contribution is -0.118. The number of nitrogens with one attached hydrogen (secondary N) is 2. The maximum absolute atomic E-state index is 12.6. The fourth-order valence-corrected chi connectivity index (χ4v) is 3.04. The molecule has 0 spiro atoms. The first-order valence-electron chi connectivity index (χ1n) is 8.43. The van der Waals surface area contributed by atoms with E-state index in [1.54, 1.807) is 18.2 Å². The summed E-state index contributed by atoms with van der Waals surface area (Å²) >= 11 is 1.51. The van der Waals surface area contributed by atoms with Crippen molar-refractivity contribution in [1.82, 2.24) is 10.6 Å². The Bertz CT molecular complexity index is 734. The van der Waals surface area contributed by atoms with E-state index in [4.69, 9.17) is 0 Å². The zero-order valence-corrected chi connectivity index (χ0v) is 15.7. The maximum atomic E-state index is 12.6. The summed E-state index contributed by atoms with van der Waals surface area (Å²) in [6.45, 7) is 6.00. The molecule has 1 aromatic carbocycles. The summed E-state index contributed by atoms with van der Waals surface area (Å²) in [6, 6.07) is 11.1. The van der Waals surface area contributed by atoms with Crippen molar-refractivity contribution in [2.24, 2.45) is 0 Å². The Morgan fingerprint density at radius 2 is 1.92 bits per heavy atom. The van der Waals surface area contributed by atoms with Crippen LogP contribution in [0.5, 0.6) is 0 Å². The number of rotatable bonds is 7. The van der Waals surface area contributed by atoms with Gasteiger partial charge in [-0.1, -0.05) is 37.1 Å². The Hall–Kier alpha value is -2.40. The number of hydrogen-bond acceptors (Lipinski definition) is 3. The Labute approximate surface area is 153 Å². The van der Waals surface area contributed by atoms with E-state index in [0.29, 0.717) is 5.56 Å². The molecule has 0 saturated carbocycles. The molecule has 0 aliphatic carbocycles. The smallest absolute Gasteiger partial charge is 0.268 e. The van der Waals surface area contributed by atoms with Crippen molar-refractivity contribution in [2.45, 2.75) is 39.7 Å². The molecule has 0 unspecified atom stereocenters. The van der Waals surface area contributed by atoms with Gasteiger partial charge in [0, 0.05) is 16.5 Å². The number of benzene rings is 1. The molecule has 2 amide bonds. The quantitative estimate of drug-likeness (QED) is 0.733. The van der Waals surface area contributed by atoms with Crippen molar-refractivity contribution >= 4 is 29.2 Å². The molecule has 0 bridgehead atoms. The largest absolute Gasteiger partial charge is 0.348 e. The summed E-state index contributed by atoms with van der Waals surface area (Å²) in [4.78, 5) is 26.0. The third-order valence-electron chi connectivity index (χ3n) is 3.74. The van der Waals surface area contributed by atoms with Crippen molar-refractivity contribution in [3.8, 4) is 0 Å². The molecule has 1 aromatic heterocycles. The maximum Gasteiger partial charge on any atom is 0.268 e. The first kappa shape index (κ1) is 18.9. The highest BCUT2D eigenvalue weighted by atomic mass is 32.1. The summed E-state index contributed by atoms with van der Waals surface area (Å²) in [5.41, 5.74) is 1.87. The molecule has 0 aliphatic rings. The van der Waals surface area contributed by atoms with Gasteiger partial charge >= 0.3 is 0 Å². The molecule has 4 nitrogen and oxygen atoms in total. The zero-order valence-electron chi connectivity index (χ0n) is 14.8. The average Bonchev–Trinajstić information content (AvgIpc) is 3.08. The molecule has 132 valence electrons. The number of carbonyl (C=O) groups is 2. The predicted molar refractivity (Wildman–Crippen MR) is 103 cm³/mol. The summed E-state index contributed by atoms with van der Waals surface area (Å²) in [5, 5.41) is 7.63. The highest BCUT2D eigenvalue weighted by molar-refractivity contribution is 7.10. The number of hydrogen-bond donors (Lipinski definition) is 2. The molecular weight excluding hydrogens is 332 g/mol. The highest BCUT2D eigenvalue weighted by Crippen LogP contribution is 2.13. The van der Waals surface area contributed by atoms with Crippen LogP contribution in [0, 0.1) is 6.92 Å². The van der Waals surface area contributed by atoms with Gasteiger partial charge in [0.1, 0.15) is 5.70 Å². The van der Waals surface area contributed by atoms with Gasteiger partial charge in [0.05, 0.1) is 0 Å². The summed E-state index contributed by atoms with van der Waals surface area (Å²) in [7, 11) is 0. The minimum absolute atomic E-state index is 0.0560. The summed E-state index contributed by atoms with van der Waals surface area (Å²) < 4.78 is 0. The van der Waals surface area contributed by atoms with Crippen LogP contribution in [-0.2, 0) is 4.79 Å². The second kappa shape index (κ2) is 9.18. The molecule has 1 atom stereocenters. The third kappa shape index (κ3) is 5.87. The van der Waals surface area contributed by atoms with Crippen LogP contribution in [0.2, 0.25) is 0 Å². The van der Waals surface area contributed by atoms with Gasteiger partial charge in [0.25, 0.3) is 11.8 Å². The Kier molecular flexibility index (Phi) is 6.95. The Balaban J connectivity index is 2.18. The zero-order chi connectivity index (χ0) is 18.2. The van der Waals surface area contributed by atoms with Crippen LogP contribution in [0.3, 0.4) is 0 Å². The van der Waals surface area contributed by atoms with Crippen molar-refractivity contribution in [1.29, 1.82) is 0 Å². The molecular formula is C20H24N2O2S. The van der Waals surface area contributed by atoms with E-state index in [0.717, 1.165) is 23.3 Å². The minimum atomic E-state index is -0.291. The van der Waals surface area contributed by atoms with Gasteiger partial charge in [0.2, 0.25) is 0 Å². The first-order valence-corrected chi connectivity index (χ1v) is 9.31. The number of amides is 2. The van der Waals surface area contributed by atoms with E-state index in [1.165, 1.54) is 11.3 Å². The first-order chi connectivity index (χ1) is 12.0. The lowest BCUT2D eigenvalue weighted by atomic mass is 10.1. The predicted octanol–water partition coefficient (Wildman–Crippen LogP) is 4.13. The Morgan fingerprint density at radius 3 is 2.52 bits per heavy atom. The van der Waals surface area contributed by atoms with Crippen molar-refractivity contribution in [3.05, 3.63) is 63.5 Å². The monoisotopic (exact) mass is 356 g/mol. The van der Waals surface area contributed by atoms with E-state index < -0.39 is 0 Å². The number of thiophene rings is 1. The summed E-state index contributed by atoms with van der Waals surface area (Å²) in [6.07, 6.45) is 3.59. The van der Waals surface area contributed by atoms with E-state index in [-0.39, 0.29) is 23.6 Å².